The van der Waals surface area contributed by atoms with Crippen LogP contribution in [0.1, 0.15) is 27.4 Å². The van der Waals surface area contributed by atoms with Crippen LogP contribution in [-0.2, 0) is 17.5 Å². The summed E-state index contributed by atoms with van der Waals surface area (Å²) in [7, 11) is 1.47. The largest absolute Gasteiger partial charge is 0.455 e. The van der Waals surface area contributed by atoms with Crippen LogP contribution in [0.4, 0.5) is 13.2 Å². The lowest BCUT2D eigenvalue weighted by molar-refractivity contribution is -0.138. The standard InChI is InChI=1S/C14H10BrF3O3/c1-20-7-9-3-5-12(21-9)13(19)8-2-4-11(15)10(6-8)14(16,17)18/h2-6H,7H2,1H3. The summed E-state index contributed by atoms with van der Waals surface area (Å²) in [5, 5.41) is 0. The molecular weight excluding hydrogens is 353 g/mol. The van der Waals surface area contributed by atoms with E-state index >= 15 is 0 Å². The molecule has 0 spiro atoms. The van der Waals surface area contributed by atoms with E-state index in [1.807, 2.05) is 0 Å². The molecule has 7 heteroatoms. The summed E-state index contributed by atoms with van der Waals surface area (Å²) in [5.74, 6) is -0.221. The lowest BCUT2D eigenvalue weighted by atomic mass is 10.1. The fourth-order valence-corrected chi connectivity index (χ4v) is 2.22. The monoisotopic (exact) mass is 362 g/mol. The molecule has 0 aliphatic carbocycles. The molecule has 3 nitrogen and oxygen atoms in total. The maximum atomic E-state index is 12.8. The predicted octanol–water partition coefficient (Wildman–Crippen LogP) is 4.44. The minimum atomic E-state index is -4.54. The van der Waals surface area contributed by atoms with Crippen molar-refractivity contribution in [1.29, 1.82) is 0 Å². The van der Waals surface area contributed by atoms with E-state index in [1.54, 1.807) is 6.07 Å². The quantitative estimate of drug-likeness (QED) is 0.754. The number of ether oxygens (including phenoxy) is 1. The van der Waals surface area contributed by atoms with E-state index in [2.05, 4.69) is 15.9 Å². The molecule has 0 aliphatic rings. The molecule has 0 saturated heterocycles. The zero-order valence-electron chi connectivity index (χ0n) is 10.8. The lowest BCUT2D eigenvalue weighted by Gasteiger charge is -2.10. The Hall–Kier alpha value is -1.60. The van der Waals surface area contributed by atoms with Crippen LogP contribution in [0.5, 0.6) is 0 Å². The maximum absolute atomic E-state index is 12.8. The van der Waals surface area contributed by atoms with Crippen molar-refractivity contribution in [2.45, 2.75) is 12.8 Å². The Morgan fingerprint density at radius 2 is 2.00 bits per heavy atom. The molecule has 0 atom stereocenters. The second-order valence-electron chi connectivity index (χ2n) is 4.22. The molecule has 0 radical (unpaired) electrons. The Morgan fingerprint density at radius 3 is 2.62 bits per heavy atom. The molecule has 0 aliphatic heterocycles. The van der Waals surface area contributed by atoms with Crippen LogP contribution in [0.2, 0.25) is 0 Å². The van der Waals surface area contributed by atoms with Crippen LogP contribution in [0.25, 0.3) is 0 Å². The third-order valence-electron chi connectivity index (χ3n) is 2.71. The first kappa shape index (κ1) is 15.8. The number of carbonyl (C=O) groups excluding carboxylic acids is 1. The van der Waals surface area contributed by atoms with Crippen molar-refractivity contribution in [2.75, 3.05) is 7.11 Å². The first-order valence-corrected chi connectivity index (χ1v) is 6.61. The molecular formula is C14H10BrF3O3. The van der Waals surface area contributed by atoms with Crippen molar-refractivity contribution >= 4 is 21.7 Å². The average molecular weight is 363 g/mol. The molecule has 0 N–H and O–H groups in total. The SMILES string of the molecule is COCc1ccc(C(=O)c2ccc(Br)c(C(F)(F)F)c2)o1. The Kier molecular flexibility index (Phi) is 4.53. The maximum Gasteiger partial charge on any atom is 0.417 e. The Bertz CT molecular complexity index is 662. The second-order valence-corrected chi connectivity index (χ2v) is 5.07. The smallest absolute Gasteiger partial charge is 0.417 e. The van der Waals surface area contributed by atoms with Crippen LogP contribution in [0.3, 0.4) is 0 Å². The number of methoxy groups -OCH3 is 1. The number of halogens is 4. The highest BCUT2D eigenvalue weighted by molar-refractivity contribution is 9.10. The van der Waals surface area contributed by atoms with Gasteiger partial charge in [0.2, 0.25) is 5.78 Å². The highest BCUT2D eigenvalue weighted by atomic mass is 79.9. The van der Waals surface area contributed by atoms with Gasteiger partial charge in [-0.15, -0.1) is 0 Å². The Morgan fingerprint density at radius 1 is 1.29 bits per heavy atom. The number of hydrogen-bond acceptors (Lipinski definition) is 3. The molecule has 0 fully saturated rings. The average Bonchev–Trinajstić information content (AvgIpc) is 2.86. The lowest BCUT2D eigenvalue weighted by Crippen LogP contribution is -2.09. The van der Waals surface area contributed by atoms with Crippen LogP contribution in [-0.4, -0.2) is 12.9 Å². The van der Waals surface area contributed by atoms with Gasteiger partial charge in [0.15, 0.2) is 5.76 Å². The Labute approximate surface area is 126 Å². The van der Waals surface area contributed by atoms with Gasteiger partial charge in [-0.25, -0.2) is 0 Å². The van der Waals surface area contributed by atoms with E-state index < -0.39 is 17.5 Å². The van der Waals surface area contributed by atoms with Gasteiger partial charge in [0.25, 0.3) is 0 Å². The summed E-state index contributed by atoms with van der Waals surface area (Å²) in [4.78, 5) is 12.1. The summed E-state index contributed by atoms with van der Waals surface area (Å²) >= 11 is 2.82. The topological polar surface area (TPSA) is 39.4 Å². The molecule has 0 saturated carbocycles. The van der Waals surface area contributed by atoms with Gasteiger partial charge in [-0.05, 0) is 30.3 Å². The van der Waals surface area contributed by atoms with E-state index in [-0.39, 0.29) is 22.4 Å². The van der Waals surface area contributed by atoms with Crippen molar-refractivity contribution in [1.82, 2.24) is 0 Å². The normalized spacial score (nSPS) is 11.7. The van der Waals surface area contributed by atoms with E-state index in [1.165, 1.54) is 25.3 Å². The van der Waals surface area contributed by atoms with Gasteiger partial charge in [-0.2, -0.15) is 13.2 Å². The van der Waals surface area contributed by atoms with Gasteiger partial charge in [-0.1, -0.05) is 15.9 Å². The second kappa shape index (κ2) is 6.03. The molecule has 0 bridgehead atoms. The van der Waals surface area contributed by atoms with Crippen molar-refractivity contribution < 1.29 is 27.1 Å². The van der Waals surface area contributed by atoms with Gasteiger partial charge >= 0.3 is 6.18 Å². The number of benzene rings is 1. The molecule has 1 aromatic carbocycles. The number of hydrogen-bond donors (Lipinski definition) is 0. The summed E-state index contributed by atoms with van der Waals surface area (Å²) in [6.07, 6.45) is -4.54. The third-order valence-corrected chi connectivity index (χ3v) is 3.40. The van der Waals surface area contributed by atoms with Crippen molar-refractivity contribution in [3.63, 3.8) is 0 Å². The molecule has 0 unspecified atom stereocenters. The highest BCUT2D eigenvalue weighted by Gasteiger charge is 2.33. The fraction of sp³-hybridized carbons (Fsp3) is 0.214. The number of rotatable bonds is 4. The number of ketones is 1. The Balaban J connectivity index is 2.35. The molecule has 2 aromatic rings. The molecule has 1 aromatic heterocycles. The van der Waals surface area contributed by atoms with Crippen molar-refractivity contribution in [3.05, 3.63) is 57.5 Å². The predicted molar refractivity (Wildman–Crippen MR) is 72.0 cm³/mol. The van der Waals surface area contributed by atoms with Gasteiger partial charge in [0.05, 0.1) is 5.56 Å². The number of furan rings is 1. The highest BCUT2D eigenvalue weighted by Crippen LogP contribution is 2.35. The van der Waals surface area contributed by atoms with E-state index in [9.17, 15) is 18.0 Å². The summed E-state index contributed by atoms with van der Waals surface area (Å²) in [5.41, 5.74) is -0.999. The summed E-state index contributed by atoms with van der Waals surface area (Å²) in [6.45, 7) is 0.182. The molecule has 112 valence electrons. The fourth-order valence-electron chi connectivity index (χ4n) is 1.75. The van der Waals surface area contributed by atoms with Crippen LogP contribution in [0, 0.1) is 0 Å². The van der Waals surface area contributed by atoms with E-state index in [0.717, 1.165) is 6.07 Å². The van der Waals surface area contributed by atoms with Crippen LogP contribution in [0.15, 0.2) is 39.2 Å². The minimum absolute atomic E-state index is 0.0301. The number of alkyl halides is 3. The van der Waals surface area contributed by atoms with Gasteiger partial charge in [0.1, 0.15) is 12.4 Å². The van der Waals surface area contributed by atoms with Crippen LogP contribution < -0.4 is 0 Å². The summed E-state index contributed by atoms with van der Waals surface area (Å²) in [6, 6.07) is 6.24. The number of carbonyl (C=O) groups is 1. The van der Waals surface area contributed by atoms with E-state index in [0.29, 0.717) is 5.76 Å². The first-order valence-electron chi connectivity index (χ1n) is 5.82. The molecule has 21 heavy (non-hydrogen) atoms. The van der Waals surface area contributed by atoms with Gasteiger partial charge in [-0.3, -0.25) is 4.79 Å². The third kappa shape index (κ3) is 3.54. The van der Waals surface area contributed by atoms with Crippen molar-refractivity contribution in [2.24, 2.45) is 0 Å². The molecule has 1 heterocycles. The molecule has 0 amide bonds. The van der Waals surface area contributed by atoms with Crippen LogP contribution >= 0.6 is 15.9 Å². The minimum Gasteiger partial charge on any atom is -0.455 e. The summed E-state index contributed by atoms with van der Waals surface area (Å²) < 4.78 is 48.4. The van der Waals surface area contributed by atoms with E-state index in [4.69, 9.17) is 9.15 Å². The zero-order chi connectivity index (χ0) is 15.6. The molecule has 2 rings (SSSR count). The van der Waals surface area contributed by atoms with Gasteiger partial charge in [0, 0.05) is 17.1 Å². The first-order chi connectivity index (χ1) is 9.82. The van der Waals surface area contributed by atoms with Gasteiger partial charge < -0.3 is 9.15 Å². The zero-order valence-corrected chi connectivity index (χ0v) is 12.4. The van der Waals surface area contributed by atoms with Crippen molar-refractivity contribution in [3.8, 4) is 0 Å².